The molecule has 3 aromatic rings. The van der Waals surface area contributed by atoms with Crippen molar-refractivity contribution in [3.8, 4) is 11.3 Å². The quantitative estimate of drug-likeness (QED) is 0.692. The molecule has 1 fully saturated rings. The summed E-state index contributed by atoms with van der Waals surface area (Å²) in [5.41, 5.74) is 1.43. The van der Waals surface area contributed by atoms with Crippen LogP contribution in [0.1, 0.15) is 16.8 Å². The molecule has 0 radical (unpaired) electrons. The largest absolute Gasteiger partial charge is 0.371 e. The number of halogens is 3. The zero-order valence-electron chi connectivity index (χ0n) is 16.4. The van der Waals surface area contributed by atoms with Gasteiger partial charge in [0.05, 0.1) is 5.56 Å². The van der Waals surface area contributed by atoms with Gasteiger partial charge in [-0.25, -0.2) is 13.2 Å². The summed E-state index contributed by atoms with van der Waals surface area (Å²) in [5, 5.41) is 7.09. The Morgan fingerprint density at radius 2 is 1.87 bits per heavy atom. The van der Waals surface area contributed by atoms with Crippen molar-refractivity contribution in [3.63, 3.8) is 0 Å². The molecule has 1 aliphatic rings. The van der Waals surface area contributed by atoms with Crippen molar-refractivity contribution in [2.45, 2.75) is 6.42 Å². The molecule has 1 N–H and O–H groups in total. The molecule has 1 saturated heterocycles. The highest BCUT2D eigenvalue weighted by Crippen LogP contribution is 2.26. The summed E-state index contributed by atoms with van der Waals surface area (Å²) in [6.45, 7) is 2.03. The van der Waals surface area contributed by atoms with Crippen molar-refractivity contribution in [1.82, 2.24) is 15.1 Å². The predicted octanol–water partition coefficient (Wildman–Crippen LogP) is 3.76. The maximum Gasteiger partial charge on any atom is 0.255 e. The number of rotatable bonds is 5. The van der Waals surface area contributed by atoms with Gasteiger partial charge in [-0.1, -0.05) is 0 Å². The number of hydrogen-bond acceptors (Lipinski definition) is 3. The number of aryl methyl sites for hydroxylation is 1. The van der Waals surface area contributed by atoms with E-state index >= 15 is 0 Å². The van der Waals surface area contributed by atoms with Crippen LogP contribution in [0.4, 0.5) is 18.9 Å². The molecule has 1 atom stereocenters. The second-order valence-corrected chi connectivity index (χ2v) is 7.48. The van der Waals surface area contributed by atoms with Gasteiger partial charge in [0.2, 0.25) is 0 Å². The van der Waals surface area contributed by atoms with Crippen LogP contribution in [0.3, 0.4) is 0 Å². The van der Waals surface area contributed by atoms with Gasteiger partial charge in [-0.2, -0.15) is 5.10 Å². The summed E-state index contributed by atoms with van der Waals surface area (Å²) in [6.07, 6.45) is 2.41. The predicted molar refractivity (Wildman–Crippen MR) is 108 cm³/mol. The highest BCUT2D eigenvalue weighted by atomic mass is 19.1. The third kappa shape index (κ3) is 4.17. The molecule has 1 amide bonds. The van der Waals surface area contributed by atoms with Crippen molar-refractivity contribution < 1.29 is 18.0 Å². The van der Waals surface area contributed by atoms with E-state index in [9.17, 15) is 18.0 Å². The number of benzene rings is 2. The van der Waals surface area contributed by atoms with Crippen LogP contribution in [-0.4, -0.2) is 35.3 Å². The highest BCUT2D eigenvalue weighted by Gasteiger charge is 2.25. The van der Waals surface area contributed by atoms with Crippen molar-refractivity contribution in [3.05, 3.63) is 71.7 Å². The molecule has 1 aliphatic heterocycles. The third-order valence-corrected chi connectivity index (χ3v) is 5.29. The first kappa shape index (κ1) is 20.0. The molecule has 1 unspecified atom stereocenters. The molecular weight excluding hydrogens is 393 g/mol. The second-order valence-electron chi connectivity index (χ2n) is 7.48. The van der Waals surface area contributed by atoms with Gasteiger partial charge in [-0.3, -0.25) is 9.48 Å². The summed E-state index contributed by atoms with van der Waals surface area (Å²) in [6, 6.07) is 9.55. The number of nitrogens with zero attached hydrogens (tertiary/aromatic N) is 3. The van der Waals surface area contributed by atoms with Crippen LogP contribution in [0.2, 0.25) is 0 Å². The number of carbonyl (C=O) groups is 1. The fourth-order valence-corrected chi connectivity index (χ4v) is 3.75. The van der Waals surface area contributed by atoms with Gasteiger partial charge >= 0.3 is 0 Å². The molecule has 1 aromatic heterocycles. The fourth-order valence-electron chi connectivity index (χ4n) is 3.75. The first-order valence-corrected chi connectivity index (χ1v) is 9.68. The minimum absolute atomic E-state index is 0.0745. The van der Waals surface area contributed by atoms with Crippen LogP contribution in [0, 0.1) is 23.4 Å². The van der Waals surface area contributed by atoms with E-state index in [0.717, 1.165) is 37.3 Å². The Labute approximate surface area is 172 Å². The third-order valence-electron chi connectivity index (χ3n) is 5.29. The van der Waals surface area contributed by atoms with Gasteiger partial charge in [-0.05, 0) is 48.7 Å². The van der Waals surface area contributed by atoms with Gasteiger partial charge in [0.25, 0.3) is 5.91 Å². The molecule has 2 heterocycles. The van der Waals surface area contributed by atoms with E-state index in [1.807, 2.05) is 0 Å². The van der Waals surface area contributed by atoms with Crippen molar-refractivity contribution in [2.75, 3.05) is 24.5 Å². The monoisotopic (exact) mass is 414 g/mol. The number of hydrogen-bond donors (Lipinski definition) is 1. The molecule has 0 bridgehead atoms. The normalized spacial score (nSPS) is 16.1. The van der Waals surface area contributed by atoms with Crippen molar-refractivity contribution in [1.29, 1.82) is 0 Å². The summed E-state index contributed by atoms with van der Waals surface area (Å²) < 4.78 is 42.0. The SMILES string of the molecule is Cn1cc(C(=O)NCC2CCN(c3ccc(F)cc3)C2)c(-c2ccc(F)cc2F)n1. The van der Waals surface area contributed by atoms with Gasteiger partial charge in [0, 0.05) is 50.2 Å². The number of carbonyl (C=O) groups excluding carboxylic acids is 1. The molecule has 2 aromatic carbocycles. The molecule has 8 heteroatoms. The van der Waals surface area contributed by atoms with Gasteiger partial charge in [-0.15, -0.1) is 0 Å². The van der Waals surface area contributed by atoms with E-state index in [1.165, 1.54) is 29.1 Å². The topological polar surface area (TPSA) is 50.2 Å². The summed E-state index contributed by atoms with van der Waals surface area (Å²) in [7, 11) is 1.64. The molecular formula is C22H21F3N4O. The number of aromatic nitrogens is 2. The van der Waals surface area contributed by atoms with E-state index in [0.29, 0.717) is 6.54 Å². The average Bonchev–Trinajstić information content (AvgIpc) is 3.33. The lowest BCUT2D eigenvalue weighted by Crippen LogP contribution is -2.31. The van der Waals surface area contributed by atoms with E-state index < -0.39 is 11.6 Å². The minimum Gasteiger partial charge on any atom is -0.371 e. The summed E-state index contributed by atoms with van der Waals surface area (Å²) in [4.78, 5) is 14.9. The first-order valence-electron chi connectivity index (χ1n) is 9.68. The zero-order valence-corrected chi connectivity index (χ0v) is 16.4. The Balaban J connectivity index is 1.42. The summed E-state index contributed by atoms with van der Waals surface area (Å²) >= 11 is 0. The molecule has 4 rings (SSSR count). The van der Waals surface area contributed by atoms with Crippen LogP contribution in [-0.2, 0) is 7.05 Å². The Kier molecular flexibility index (Phi) is 5.48. The lowest BCUT2D eigenvalue weighted by molar-refractivity contribution is 0.0949. The van der Waals surface area contributed by atoms with E-state index in [2.05, 4.69) is 15.3 Å². The van der Waals surface area contributed by atoms with Crippen LogP contribution >= 0.6 is 0 Å². The molecule has 0 saturated carbocycles. The lowest BCUT2D eigenvalue weighted by Gasteiger charge is -2.18. The minimum atomic E-state index is -0.770. The van der Waals surface area contributed by atoms with Gasteiger partial charge in [0.1, 0.15) is 23.1 Å². The Morgan fingerprint density at radius 3 is 2.60 bits per heavy atom. The van der Waals surface area contributed by atoms with Gasteiger partial charge < -0.3 is 10.2 Å². The zero-order chi connectivity index (χ0) is 21.3. The molecule has 0 aliphatic carbocycles. The van der Waals surface area contributed by atoms with Crippen LogP contribution in [0.5, 0.6) is 0 Å². The second kappa shape index (κ2) is 8.22. The molecule has 156 valence electrons. The molecule has 0 spiro atoms. The highest BCUT2D eigenvalue weighted by molar-refractivity contribution is 5.99. The number of nitrogens with one attached hydrogen (secondary N) is 1. The van der Waals surface area contributed by atoms with Gasteiger partial charge in [0.15, 0.2) is 0 Å². The average molecular weight is 414 g/mol. The van der Waals surface area contributed by atoms with Crippen LogP contribution in [0.15, 0.2) is 48.7 Å². The fraction of sp³-hybridized carbons (Fsp3) is 0.273. The van der Waals surface area contributed by atoms with E-state index in [-0.39, 0.29) is 34.5 Å². The number of amides is 1. The van der Waals surface area contributed by atoms with Crippen molar-refractivity contribution >= 4 is 11.6 Å². The first-order chi connectivity index (χ1) is 14.4. The smallest absolute Gasteiger partial charge is 0.255 e. The Bertz CT molecular complexity index is 1060. The standard InChI is InChI=1S/C22H21F3N4O/c1-28-13-19(21(27-28)18-7-4-16(24)10-20(18)25)22(30)26-11-14-8-9-29(12-14)17-5-2-15(23)3-6-17/h2-7,10,13-14H,8-9,11-12H2,1H3,(H,26,30). The maximum absolute atomic E-state index is 14.2. The number of anilines is 1. The van der Waals surface area contributed by atoms with Crippen molar-refractivity contribution in [2.24, 2.45) is 13.0 Å². The molecule has 30 heavy (non-hydrogen) atoms. The Hall–Kier alpha value is -3.29. The maximum atomic E-state index is 14.2. The van der Waals surface area contributed by atoms with Crippen LogP contribution < -0.4 is 10.2 Å². The molecule has 5 nitrogen and oxygen atoms in total. The van der Waals surface area contributed by atoms with E-state index in [4.69, 9.17) is 0 Å². The lowest BCUT2D eigenvalue weighted by atomic mass is 10.1. The summed E-state index contributed by atoms with van der Waals surface area (Å²) in [5.74, 6) is -1.85. The van der Waals surface area contributed by atoms with Crippen LogP contribution in [0.25, 0.3) is 11.3 Å². The van der Waals surface area contributed by atoms with E-state index in [1.54, 1.807) is 19.2 Å². The Morgan fingerprint density at radius 1 is 1.13 bits per heavy atom.